The number of amides is 2. The number of imide groups is 1. The zero-order chi connectivity index (χ0) is 12.0. The molecule has 0 aromatic rings. The second-order valence-corrected chi connectivity index (χ2v) is 3.26. The van der Waals surface area contributed by atoms with E-state index in [9.17, 15) is 14.4 Å². The van der Waals surface area contributed by atoms with E-state index in [1.807, 2.05) is 0 Å². The number of hydrogen-bond acceptors (Lipinski definition) is 5. The molecule has 0 spiro atoms. The molecule has 93 valence electrons. The Morgan fingerprint density at radius 1 is 1.24 bits per heavy atom. The van der Waals surface area contributed by atoms with E-state index in [4.69, 9.17) is 4.74 Å². The first-order chi connectivity index (χ1) is 7.65. The van der Waals surface area contributed by atoms with Gasteiger partial charge in [-0.1, -0.05) is 0 Å². The summed E-state index contributed by atoms with van der Waals surface area (Å²) in [5.74, 6) is -1.60. The SMILES string of the molecule is [CH2-]CCOCCC(=O)ON1C(=O)CCC1=O.[Y]. The minimum absolute atomic E-state index is 0. The molecule has 0 atom stereocenters. The van der Waals surface area contributed by atoms with E-state index in [-0.39, 0.29) is 58.6 Å². The van der Waals surface area contributed by atoms with Crippen molar-refractivity contribution >= 4 is 17.8 Å². The third-order valence-electron chi connectivity index (χ3n) is 1.94. The first-order valence-corrected chi connectivity index (χ1v) is 5.08. The van der Waals surface area contributed by atoms with E-state index < -0.39 is 17.8 Å². The van der Waals surface area contributed by atoms with Gasteiger partial charge >= 0.3 is 5.97 Å². The van der Waals surface area contributed by atoms with Crippen molar-refractivity contribution in [3.8, 4) is 0 Å². The molecule has 0 saturated carbocycles. The maximum Gasteiger partial charge on any atom is 0.335 e. The maximum atomic E-state index is 11.2. The Bertz CT molecular complexity index is 278. The number of nitrogens with zero attached hydrogens (tertiary/aromatic N) is 1. The van der Waals surface area contributed by atoms with Crippen molar-refractivity contribution in [3.05, 3.63) is 6.92 Å². The Labute approximate surface area is 125 Å². The van der Waals surface area contributed by atoms with Crippen molar-refractivity contribution in [3.63, 3.8) is 0 Å². The Hall–Kier alpha value is -0.326. The summed E-state index contributed by atoms with van der Waals surface area (Å²) in [7, 11) is 0. The van der Waals surface area contributed by atoms with Gasteiger partial charge in [0.05, 0.1) is 13.0 Å². The molecule has 1 fully saturated rings. The largest absolute Gasteiger partial charge is 0.384 e. The van der Waals surface area contributed by atoms with Crippen LogP contribution < -0.4 is 0 Å². The maximum absolute atomic E-state index is 11.2. The quantitative estimate of drug-likeness (QED) is 0.398. The summed E-state index contributed by atoms with van der Waals surface area (Å²) >= 11 is 0. The minimum atomic E-state index is -0.646. The Balaban J connectivity index is 0.00000256. The molecule has 1 aliphatic rings. The summed E-state index contributed by atoms with van der Waals surface area (Å²) < 4.78 is 5.02. The van der Waals surface area contributed by atoms with E-state index in [0.717, 1.165) is 0 Å². The van der Waals surface area contributed by atoms with Crippen molar-refractivity contribution in [2.24, 2.45) is 0 Å². The van der Waals surface area contributed by atoms with Crippen LogP contribution in [0.4, 0.5) is 0 Å². The van der Waals surface area contributed by atoms with Crippen LogP contribution in [0, 0.1) is 6.92 Å². The van der Waals surface area contributed by atoms with Crippen molar-refractivity contribution < 1.29 is 56.7 Å². The molecule has 1 aliphatic heterocycles. The molecule has 1 radical (unpaired) electrons. The van der Waals surface area contributed by atoms with Crippen LogP contribution in [-0.2, 0) is 56.7 Å². The standard InChI is InChI=1S/C10H14NO5.Y/c1-2-6-15-7-5-10(14)16-11-8(12)3-4-9(11)13;/h1-7H2;/q-1;. The van der Waals surface area contributed by atoms with Crippen molar-refractivity contribution in [2.75, 3.05) is 13.2 Å². The summed E-state index contributed by atoms with van der Waals surface area (Å²) in [6.07, 6.45) is 0.837. The van der Waals surface area contributed by atoms with Gasteiger partial charge in [0.15, 0.2) is 0 Å². The topological polar surface area (TPSA) is 72.9 Å². The van der Waals surface area contributed by atoms with Gasteiger partial charge in [0.25, 0.3) is 11.8 Å². The number of hydrogen-bond donors (Lipinski definition) is 0. The van der Waals surface area contributed by atoms with Gasteiger partial charge in [0, 0.05) is 52.2 Å². The smallest absolute Gasteiger partial charge is 0.335 e. The number of carbonyl (C=O) groups is 3. The van der Waals surface area contributed by atoms with Crippen LogP contribution in [0.25, 0.3) is 0 Å². The average molecular weight is 317 g/mol. The molecular formula is C10H14NO5Y-. The molecule has 0 bridgehead atoms. The van der Waals surface area contributed by atoms with Crippen LogP contribution >= 0.6 is 0 Å². The minimum Gasteiger partial charge on any atom is -0.384 e. The van der Waals surface area contributed by atoms with Crippen LogP contribution in [0.5, 0.6) is 0 Å². The summed E-state index contributed by atoms with van der Waals surface area (Å²) in [5.41, 5.74) is 0. The van der Waals surface area contributed by atoms with Crippen molar-refractivity contribution in [2.45, 2.75) is 25.7 Å². The van der Waals surface area contributed by atoms with Crippen LogP contribution in [-0.4, -0.2) is 36.1 Å². The molecule has 0 aromatic heterocycles. The molecule has 1 heterocycles. The predicted octanol–water partition coefficient (Wildman–Crippen LogP) is 0.222. The molecule has 0 unspecified atom stereocenters. The second kappa shape index (κ2) is 8.72. The Morgan fingerprint density at radius 2 is 1.82 bits per heavy atom. The summed E-state index contributed by atoms with van der Waals surface area (Å²) in [5, 5.41) is 0.531. The van der Waals surface area contributed by atoms with E-state index in [1.165, 1.54) is 0 Å². The molecule has 0 aliphatic carbocycles. The Kier molecular flexibility index (Phi) is 8.55. The average Bonchev–Trinajstić information content (AvgIpc) is 2.56. The van der Waals surface area contributed by atoms with Crippen LogP contribution in [0.3, 0.4) is 0 Å². The molecule has 6 nitrogen and oxygen atoms in total. The third kappa shape index (κ3) is 5.70. The van der Waals surface area contributed by atoms with Crippen LogP contribution in [0.15, 0.2) is 0 Å². The first kappa shape index (κ1) is 16.7. The summed E-state index contributed by atoms with van der Waals surface area (Å²) in [4.78, 5) is 38.0. The van der Waals surface area contributed by atoms with Crippen LogP contribution in [0.1, 0.15) is 25.7 Å². The number of rotatable bonds is 6. The van der Waals surface area contributed by atoms with Gasteiger partial charge in [-0.25, -0.2) is 4.79 Å². The fourth-order valence-electron chi connectivity index (χ4n) is 1.16. The first-order valence-electron chi connectivity index (χ1n) is 5.08. The monoisotopic (exact) mass is 317 g/mol. The molecule has 1 saturated heterocycles. The van der Waals surface area contributed by atoms with Gasteiger partial charge in [0.2, 0.25) is 0 Å². The molecule has 0 aromatic carbocycles. The Morgan fingerprint density at radius 3 is 2.35 bits per heavy atom. The third-order valence-corrected chi connectivity index (χ3v) is 1.94. The van der Waals surface area contributed by atoms with Gasteiger partial charge in [-0.3, -0.25) is 9.59 Å². The van der Waals surface area contributed by atoms with Gasteiger partial charge < -0.3 is 16.5 Å². The zero-order valence-corrected chi connectivity index (χ0v) is 12.4. The predicted molar refractivity (Wildman–Crippen MR) is 52.6 cm³/mol. The molecular weight excluding hydrogens is 303 g/mol. The van der Waals surface area contributed by atoms with E-state index >= 15 is 0 Å². The molecule has 0 N–H and O–H groups in total. The molecule has 17 heavy (non-hydrogen) atoms. The van der Waals surface area contributed by atoms with E-state index in [2.05, 4.69) is 11.8 Å². The summed E-state index contributed by atoms with van der Waals surface area (Å²) in [6.45, 7) is 4.23. The fraction of sp³-hybridized carbons (Fsp3) is 0.600. The van der Waals surface area contributed by atoms with Gasteiger partial charge in [0.1, 0.15) is 0 Å². The van der Waals surface area contributed by atoms with Gasteiger partial charge in [-0.05, 0) is 0 Å². The van der Waals surface area contributed by atoms with Gasteiger partial charge in [-0.2, -0.15) is 6.42 Å². The second-order valence-electron chi connectivity index (χ2n) is 3.26. The van der Waals surface area contributed by atoms with Gasteiger partial charge in [-0.15, -0.1) is 5.06 Å². The number of hydroxylamine groups is 2. The van der Waals surface area contributed by atoms with E-state index in [1.54, 1.807) is 0 Å². The van der Waals surface area contributed by atoms with Crippen LogP contribution in [0.2, 0.25) is 0 Å². The summed E-state index contributed by atoms with van der Waals surface area (Å²) in [6, 6.07) is 0. The fourth-order valence-corrected chi connectivity index (χ4v) is 1.16. The van der Waals surface area contributed by atoms with Crippen molar-refractivity contribution in [1.82, 2.24) is 5.06 Å². The molecule has 1 rings (SSSR count). The number of ether oxygens (including phenoxy) is 1. The molecule has 2 amide bonds. The van der Waals surface area contributed by atoms with E-state index in [0.29, 0.717) is 18.1 Å². The van der Waals surface area contributed by atoms with Crippen molar-refractivity contribution in [1.29, 1.82) is 0 Å². The number of carbonyl (C=O) groups excluding carboxylic acids is 3. The zero-order valence-electron chi connectivity index (χ0n) is 9.52. The molecule has 7 heteroatoms. The normalized spacial score (nSPS) is 14.8.